The number of hydrogen-bond acceptors (Lipinski definition) is 1. The van der Waals surface area contributed by atoms with Gasteiger partial charge < -0.3 is 5.32 Å². The minimum absolute atomic E-state index is 0.218. The minimum Gasteiger partial charge on any atom is -0.326 e. The number of nitrogens with one attached hydrogen (secondary N) is 1. The van der Waals surface area contributed by atoms with Gasteiger partial charge in [-0.25, -0.2) is 0 Å². The Hall–Kier alpha value is -1.31. The lowest BCUT2D eigenvalue weighted by molar-refractivity contribution is -0.120. The van der Waals surface area contributed by atoms with Crippen molar-refractivity contribution < 1.29 is 4.79 Å². The van der Waals surface area contributed by atoms with Crippen LogP contribution >= 0.6 is 0 Å². The highest BCUT2D eigenvalue weighted by molar-refractivity contribution is 5.93. The van der Waals surface area contributed by atoms with Crippen molar-refractivity contribution in [2.75, 3.05) is 5.32 Å². The van der Waals surface area contributed by atoms with Crippen LogP contribution in [0.3, 0.4) is 0 Å². The zero-order valence-corrected chi connectivity index (χ0v) is 12.1. The van der Waals surface area contributed by atoms with Gasteiger partial charge >= 0.3 is 0 Å². The summed E-state index contributed by atoms with van der Waals surface area (Å²) in [7, 11) is 0. The molecule has 0 saturated heterocycles. The smallest absolute Gasteiger partial charge is 0.227 e. The first kappa shape index (κ1) is 14.1. The Bertz CT molecular complexity index is 421. The summed E-state index contributed by atoms with van der Waals surface area (Å²) in [6.45, 7) is 4.40. The number of amides is 1. The SMILES string of the molecule is CCC(C)c1ccccc1NC(=O)C1CCCCC1. The van der Waals surface area contributed by atoms with Gasteiger partial charge in [-0.15, -0.1) is 0 Å². The second-order valence-electron chi connectivity index (χ2n) is 5.72. The fourth-order valence-corrected chi connectivity index (χ4v) is 2.86. The van der Waals surface area contributed by atoms with E-state index in [-0.39, 0.29) is 11.8 Å². The molecular weight excluding hydrogens is 234 g/mol. The number of carbonyl (C=O) groups excluding carboxylic acids is 1. The molecule has 1 fully saturated rings. The van der Waals surface area contributed by atoms with Gasteiger partial charge in [-0.1, -0.05) is 51.3 Å². The van der Waals surface area contributed by atoms with E-state index in [1.165, 1.54) is 24.8 Å². The number of hydrogen-bond donors (Lipinski definition) is 1. The van der Waals surface area contributed by atoms with Crippen LogP contribution in [-0.4, -0.2) is 5.91 Å². The van der Waals surface area contributed by atoms with Crippen LogP contribution in [0.2, 0.25) is 0 Å². The topological polar surface area (TPSA) is 29.1 Å². The van der Waals surface area contributed by atoms with Crippen LogP contribution in [0, 0.1) is 5.92 Å². The molecule has 0 bridgehead atoms. The summed E-state index contributed by atoms with van der Waals surface area (Å²) >= 11 is 0. The molecule has 1 aromatic carbocycles. The van der Waals surface area contributed by atoms with E-state index in [1.807, 2.05) is 12.1 Å². The Kier molecular flexibility index (Phi) is 5.00. The van der Waals surface area contributed by atoms with Crippen molar-refractivity contribution in [1.82, 2.24) is 0 Å². The molecule has 1 atom stereocenters. The third-order valence-corrected chi connectivity index (χ3v) is 4.34. The van der Waals surface area contributed by atoms with Crippen LogP contribution in [0.4, 0.5) is 5.69 Å². The van der Waals surface area contributed by atoms with Crippen LogP contribution < -0.4 is 5.32 Å². The minimum atomic E-state index is 0.218. The van der Waals surface area contributed by atoms with Gasteiger partial charge in [-0.05, 0) is 36.8 Å². The molecule has 0 heterocycles. The van der Waals surface area contributed by atoms with Crippen molar-refractivity contribution in [3.8, 4) is 0 Å². The summed E-state index contributed by atoms with van der Waals surface area (Å²) in [6.07, 6.45) is 6.88. The molecule has 1 N–H and O–H groups in total. The number of anilines is 1. The molecule has 19 heavy (non-hydrogen) atoms. The molecule has 1 aliphatic carbocycles. The maximum absolute atomic E-state index is 12.3. The zero-order valence-electron chi connectivity index (χ0n) is 12.1. The second-order valence-corrected chi connectivity index (χ2v) is 5.72. The zero-order chi connectivity index (χ0) is 13.7. The quantitative estimate of drug-likeness (QED) is 0.833. The van der Waals surface area contributed by atoms with Crippen LogP contribution in [0.25, 0.3) is 0 Å². The highest BCUT2D eigenvalue weighted by Gasteiger charge is 2.22. The summed E-state index contributed by atoms with van der Waals surface area (Å²) in [6, 6.07) is 8.22. The molecule has 0 spiro atoms. The molecule has 0 aliphatic heterocycles. The molecule has 1 aromatic rings. The molecular formula is C17H25NO. The number of rotatable bonds is 4. The Morgan fingerprint density at radius 1 is 1.26 bits per heavy atom. The van der Waals surface area contributed by atoms with Gasteiger partial charge in [0.2, 0.25) is 5.91 Å². The lowest BCUT2D eigenvalue weighted by Gasteiger charge is -2.22. The maximum atomic E-state index is 12.3. The average Bonchev–Trinajstić information content (AvgIpc) is 2.48. The van der Waals surface area contributed by atoms with Crippen molar-refractivity contribution in [2.24, 2.45) is 5.92 Å². The van der Waals surface area contributed by atoms with Gasteiger partial charge in [0.1, 0.15) is 0 Å². The van der Waals surface area contributed by atoms with Gasteiger partial charge in [-0.3, -0.25) is 4.79 Å². The van der Waals surface area contributed by atoms with Crippen LogP contribution in [0.15, 0.2) is 24.3 Å². The van der Waals surface area contributed by atoms with Crippen LogP contribution in [0.5, 0.6) is 0 Å². The third-order valence-electron chi connectivity index (χ3n) is 4.34. The standard InChI is InChI=1S/C17H25NO/c1-3-13(2)15-11-7-8-12-16(15)18-17(19)14-9-5-4-6-10-14/h7-8,11-14H,3-6,9-10H2,1-2H3,(H,18,19). The first-order valence-corrected chi connectivity index (χ1v) is 7.62. The molecule has 0 radical (unpaired) electrons. The monoisotopic (exact) mass is 259 g/mol. The lowest BCUT2D eigenvalue weighted by Crippen LogP contribution is -2.25. The second kappa shape index (κ2) is 6.74. The van der Waals surface area contributed by atoms with E-state index in [4.69, 9.17) is 0 Å². The van der Waals surface area contributed by atoms with Crippen molar-refractivity contribution >= 4 is 11.6 Å². The van der Waals surface area contributed by atoms with Crippen molar-refractivity contribution in [2.45, 2.75) is 58.3 Å². The van der Waals surface area contributed by atoms with Crippen LogP contribution in [0.1, 0.15) is 63.9 Å². The first-order chi connectivity index (χ1) is 9.22. The summed E-state index contributed by atoms with van der Waals surface area (Å²) in [5.74, 6) is 0.928. The average molecular weight is 259 g/mol. The van der Waals surface area contributed by atoms with E-state index in [9.17, 15) is 4.79 Å². The molecule has 2 rings (SSSR count). The molecule has 2 nitrogen and oxygen atoms in total. The molecule has 0 aromatic heterocycles. The summed E-state index contributed by atoms with van der Waals surface area (Å²) in [5, 5.41) is 3.16. The highest BCUT2D eigenvalue weighted by Crippen LogP contribution is 2.29. The normalized spacial score (nSPS) is 18.0. The van der Waals surface area contributed by atoms with Crippen LogP contribution in [-0.2, 0) is 4.79 Å². The molecule has 104 valence electrons. The van der Waals surface area contributed by atoms with Gasteiger partial charge in [0, 0.05) is 11.6 Å². The molecule has 1 saturated carbocycles. The van der Waals surface area contributed by atoms with Gasteiger partial charge in [-0.2, -0.15) is 0 Å². The largest absolute Gasteiger partial charge is 0.326 e. The number of benzene rings is 1. The Labute approximate surface area is 116 Å². The van der Waals surface area contributed by atoms with E-state index in [2.05, 4.69) is 31.3 Å². The first-order valence-electron chi connectivity index (χ1n) is 7.62. The highest BCUT2D eigenvalue weighted by atomic mass is 16.1. The van der Waals surface area contributed by atoms with Crippen molar-refractivity contribution in [3.05, 3.63) is 29.8 Å². The summed E-state index contributed by atoms with van der Waals surface area (Å²) in [5.41, 5.74) is 2.27. The van der Waals surface area contributed by atoms with E-state index >= 15 is 0 Å². The van der Waals surface area contributed by atoms with Crippen molar-refractivity contribution in [1.29, 1.82) is 0 Å². The van der Waals surface area contributed by atoms with E-state index in [1.54, 1.807) is 0 Å². The van der Waals surface area contributed by atoms with Gasteiger partial charge in [0.25, 0.3) is 0 Å². The molecule has 1 aliphatic rings. The van der Waals surface area contributed by atoms with Crippen molar-refractivity contribution in [3.63, 3.8) is 0 Å². The van der Waals surface area contributed by atoms with E-state index in [0.717, 1.165) is 24.9 Å². The Morgan fingerprint density at radius 2 is 1.95 bits per heavy atom. The van der Waals surface area contributed by atoms with Gasteiger partial charge in [0.05, 0.1) is 0 Å². The summed E-state index contributed by atoms with van der Waals surface area (Å²) in [4.78, 5) is 12.3. The molecule has 2 heteroatoms. The van der Waals surface area contributed by atoms with E-state index < -0.39 is 0 Å². The fraction of sp³-hybridized carbons (Fsp3) is 0.588. The molecule has 1 amide bonds. The predicted octanol–water partition coefficient (Wildman–Crippen LogP) is 4.72. The molecule has 1 unspecified atom stereocenters. The number of para-hydroxylation sites is 1. The Balaban J connectivity index is 2.07. The Morgan fingerprint density at radius 3 is 2.63 bits per heavy atom. The lowest BCUT2D eigenvalue weighted by atomic mass is 9.88. The maximum Gasteiger partial charge on any atom is 0.227 e. The number of carbonyl (C=O) groups is 1. The fourth-order valence-electron chi connectivity index (χ4n) is 2.86. The third kappa shape index (κ3) is 3.59. The van der Waals surface area contributed by atoms with Gasteiger partial charge in [0.15, 0.2) is 0 Å². The van der Waals surface area contributed by atoms with E-state index in [0.29, 0.717) is 5.92 Å². The summed E-state index contributed by atoms with van der Waals surface area (Å²) < 4.78 is 0. The predicted molar refractivity (Wildman–Crippen MR) is 80.4 cm³/mol.